The number of rotatable bonds is 6. The van der Waals surface area contributed by atoms with E-state index in [-0.39, 0.29) is 29.6 Å². The summed E-state index contributed by atoms with van der Waals surface area (Å²) < 4.78 is 49.5. The molecule has 0 N–H and O–H groups in total. The second kappa shape index (κ2) is 12.0. The van der Waals surface area contributed by atoms with Gasteiger partial charge in [-0.25, -0.2) is 9.97 Å². The largest absolute Gasteiger partial charge is 0.436 e. The molecule has 10 rings (SSSR count). The molecule has 1 aliphatic carbocycles. The zero-order chi connectivity index (χ0) is 37.2. The molecule has 242 valence electrons. The van der Waals surface area contributed by atoms with Crippen LogP contribution in [-0.2, 0) is 6.42 Å². The lowest BCUT2D eigenvalue weighted by Crippen LogP contribution is -2.10. The number of anilines is 3. The Hall–Kier alpha value is -6.72. The van der Waals surface area contributed by atoms with Crippen LogP contribution in [0.4, 0.5) is 17.1 Å². The Balaban J connectivity index is 1.10. The summed E-state index contributed by atoms with van der Waals surface area (Å²) in [6, 6.07) is 42.7. The van der Waals surface area contributed by atoms with Crippen molar-refractivity contribution in [3.63, 3.8) is 0 Å². The third-order valence-electron chi connectivity index (χ3n) is 9.44. The Kier molecular flexibility index (Phi) is 5.95. The van der Waals surface area contributed by atoms with Gasteiger partial charge in [-0.3, -0.25) is 0 Å². The molecular formula is C46H31N3O2. The SMILES string of the molecule is [2H]c1cc(N(c2ccc(-c3nc4ccccc4o3)cc2)c2ccc(-c3nc4ccccc4o3)cc2)c([2H])c2c([2H])cc(C3=Cc4ccccc4CC3)c([2H])c12. The fraction of sp³-hybridized carbons (Fsp3) is 0.0435. The predicted molar refractivity (Wildman–Crippen MR) is 207 cm³/mol. The van der Waals surface area contributed by atoms with Gasteiger partial charge in [0.1, 0.15) is 11.0 Å². The first-order valence-electron chi connectivity index (χ1n) is 18.9. The van der Waals surface area contributed by atoms with E-state index < -0.39 is 0 Å². The average Bonchev–Trinajstić information content (AvgIpc) is 3.86. The van der Waals surface area contributed by atoms with Crippen LogP contribution in [0.25, 0.3) is 67.5 Å². The number of aromatic nitrogens is 2. The highest BCUT2D eigenvalue weighted by molar-refractivity contribution is 5.94. The molecule has 5 heteroatoms. The summed E-state index contributed by atoms with van der Waals surface area (Å²) in [6.07, 6.45) is 3.67. The second-order valence-corrected chi connectivity index (χ2v) is 12.6. The molecule has 2 heterocycles. The second-order valence-electron chi connectivity index (χ2n) is 12.6. The summed E-state index contributed by atoms with van der Waals surface area (Å²) in [5.74, 6) is 0.994. The van der Waals surface area contributed by atoms with Crippen molar-refractivity contribution >= 4 is 61.7 Å². The number of hydrogen-bond acceptors (Lipinski definition) is 5. The van der Waals surface area contributed by atoms with Gasteiger partial charge in [0.15, 0.2) is 11.2 Å². The summed E-state index contributed by atoms with van der Waals surface area (Å²) in [5, 5.41) is 0.567. The topological polar surface area (TPSA) is 55.3 Å². The molecule has 0 radical (unpaired) electrons. The predicted octanol–water partition coefficient (Wildman–Crippen LogP) is 12.4. The van der Waals surface area contributed by atoms with Gasteiger partial charge in [-0.05, 0) is 137 Å². The van der Waals surface area contributed by atoms with Gasteiger partial charge in [0.25, 0.3) is 0 Å². The zero-order valence-electron chi connectivity index (χ0n) is 31.4. The van der Waals surface area contributed by atoms with Crippen LogP contribution in [0.3, 0.4) is 0 Å². The summed E-state index contributed by atoms with van der Waals surface area (Å²) in [5.41, 5.74) is 10.3. The minimum absolute atomic E-state index is 0.0603. The molecule has 9 aromatic rings. The monoisotopic (exact) mass is 661 g/mol. The molecule has 0 aliphatic heterocycles. The lowest BCUT2D eigenvalue weighted by molar-refractivity contribution is 0.619. The van der Waals surface area contributed by atoms with E-state index in [1.807, 2.05) is 114 Å². The summed E-state index contributed by atoms with van der Waals surface area (Å²) in [7, 11) is 0. The molecule has 51 heavy (non-hydrogen) atoms. The number of hydrogen-bond donors (Lipinski definition) is 0. The number of nitrogens with zero attached hydrogens (tertiary/aromatic N) is 3. The van der Waals surface area contributed by atoms with E-state index in [2.05, 4.69) is 28.2 Å². The molecule has 0 amide bonds. The van der Waals surface area contributed by atoms with E-state index in [1.54, 1.807) is 12.1 Å². The standard InChI is InChI=1S/C46H31N3O2/c1-2-8-33-27-34(14-13-30(33)7-1)35-15-16-37-29-40(26-21-36(37)28-35)49(38-22-17-31(18-23-38)45-47-41-9-3-5-11-43(41)50-45)39-24-19-32(20-25-39)46-48-42-10-4-6-12-44(42)51-46/h1-12,15-29H,13-14H2/i16D,21D,28D,29D. The quantitative estimate of drug-likeness (QED) is 0.177. The highest BCUT2D eigenvalue weighted by Crippen LogP contribution is 2.39. The van der Waals surface area contributed by atoms with Crippen molar-refractivity contribution in [1.29, 1.82) is 0 Å². The van der Waals surface area contributed by atoms with Gasteiger partial charge >= 0.3 is 0 Å². The molecule has 0 fully saturated rings. The molecule has 0 atom stereocenters. The third kappa shape index (κ3) is 5.36. The van der Waals surface area contributed by atoms with Crippen molar-refractivity contribution in [2.45, 2.75) is 12.8 Å². The first-order valence-corrected chi connectivity index (χ1v) is 16.9. The average molecular weight is 662 g/mol. The third-order valence-corrected chi connectivity index (χ3v) is 9.44. The molecule has 7 aromatic carbocycles. The van der Waals surface area contributed by atoms with Crippen LogP contribution < -0.4 is 4.90 Å². The van der Waals surface area contributed by atoms with Crippen LogP contribution in [0.15, 0.2) is 166 Å². The zero-order valence-corrected chi connectivity index (χ0v) is 27.4. The van der Waals surface area contributed by atoms with Gasteiger partial charge < -0.3 is 13.7 Å². The van der Waals surface area contributed by atoms with Crippen LogP contribution in [0.1, 0.15) is 28.6 Å². The molecule has 0 spiro atoms. The molecule has 1 aliphatic rings. The fourth-order valence-corrected chi connectivity index (χ4v) is 6.82. The lowest BCUT2D eigenvalue weighted by Gasteiger charge is -2.26. The number of benzene rings is 7. The first kappa shape index (κ1) is 25.3. The minimum atomic E-state index is 0.0603. The van der Waals surface area contributed by atoms with Crippen molar-refractivity contribution in [2.75, 3.05) is 4.90 Å². The number of oxazole rings is 2. The van der Waals surface area contributed by atoms with Gasteiger partial charge in [0, 0.05) is 28.2 Å². The Morgan fingerprint density at radius 3 is 1.73 bits per heavy atom. The van der Waals surface area contributed by atoms with Crippen molar-refractivity contribution in [2.24, 2.45) is 0 Å². The van der Waals surface area contributed by atoms with Gasteiger partial charge in [0.05, 0.1) is 5.48 Å². The molecule has 0 saturated heterocycles. The number of allylic oxidation sites excluding steroid dienone is 1. The minimum Gasteiger partial charge on any atom is -0.436 e. The molecule has 0 unspecified atom stereocenters. The van der Waals surface area contributed by atoms with Crippen LogP contribution in [-0.4, -0.2) is 9.97 Å². The number of fused-ring (bicyclic) bond motifs is 4. The summed E-state index contributed by atoms with van der Waals surface area (Å²) in [6.45, 7) is 0. The van der Waals surface area contributed by atoms with Gasteiger partial charge in [0.2, 0.25) is 11.8 Å². The molecule has 5 nitrogen and oxygen atoms in total. The van der Waals surface area contributed by atoms with Crippen LogP contribution in [0.2, 0.25) is 0 Å². The van der Waals surface area contributed by atoms with Crippen LogP contribution >= 0.6 is 0 Å². The van der Waals surface area contributed by atoms with E-state index in [1.165, 1.54) is 5.56 Å². The summed E-state index contributed by atoms with van der Waals surface area (Å²) >= 11 is 0. The molecular weight excluding hydrogens is 627 g/mol. The maximum atomic E-state index is 9.60. The molecule has 0 bridgehead atoms. The molecule has 2 aromatic heterocycles. The van der Waals surface area contributed by atoms with E-state index >= 15 is 0 Å². The maximum absolute atomic E-state index is 9.60. The smallest absolute Gasteiger partial charge is 0.227 e. The van der Waals surface area contributed by atoms with Crippen molar-refractivity contribution in [3.05, 3.63) is 174 Å². The first-order chi connectivity index (χ1) is 26.9. The fourth-order valence-electron chi connectivity index (χ4n) is 6.82. The van der Waals surface area contributed by atoms with Gasteiger partial charge in [-0.2, -0.15) is 0 Å². The van der Waals surface area contributed by atoms with Crippen molar-refractivity contribution < 1.29 is 14.3 Å². The Morgan fingerprint density at radius 2 is 1.08 bits per heavy atom. The number of aryl methyl sites for hydroxylation is 1. The van der Waals surface area contributed by atoms with E-state index in [0.29, 0.717) is 39.6 Å². The van der Waals surface area contributed by atoms with Crippen molar-refractivity contribution in [3.8, 4) is 22.9 Å². The maximum Gasteiger partial charge on any atom is 0.227 e. The highest BCUT2D eigenvalue weighted by atomic mass is 16.4. The van der Waals surface area contributed by atoms with E-state index in [4.69, 9.17) is 8.83 Å². The van der Waals surface area contributed by atoms with Gasteiger partial charge in [-0.1, -0.05) is 72.8 Å². The van der Waals surface area contributed by atoms with Crippen LogP contribution in [0, 0.1) is 0 Å². The lowest BCUT2D eigenvalue weighted by atomic mass is 9.88. The van der Waals surface area contributed by atoms with Crippen LogP contribution in [0.5, 0.6) is 0 Å². The van der Waals surface area contributed by atoms with E-state index in [0.717, 1.165) is 57.5 Å². The Morgan fingerprint density at radius 1 is 0.510 bits per heavy atom. The highest BCUT2D eigenvalue weighted by Gasteiger charge is 2.17. The number of para-hydroxylation sites is 4. The Labute approximate surface area is 300 Å². The van der Waals surface area contributed by atoms with E-state index in [9.17, 15) is 5.48 Å². The molecule has 0 saturated carbocycles. The van der Waals surface area contributed by atoms with Gasteiger partial charge in [-0.15, -0.1) is 0 Å². The summed E-state index contributed by atoms with van der Waals surface area (Å²) in [4.78, 5) is 11.2. The van der Waals surface area contributed by atoms with Crippen molar-refractivity contribution in [1.82, 2.24) is 9.97 Å². The normalized spacial score (nSPS) is 13.8. The Bertz CT molecular complexity index is 2800.